The van der Waals surface area contributed by atoms with Crippen LogP contribution in [0.2, 0.25) is 5.02 Å². The largest absolute Gasteiger partial charge is 0.338 e. The molecule has 1 rings (SSSR count). The second kappa shape index (κ2) is 6.70. The van der Waals surface area contributed by atoms with Crippen molar-refractivity contribution < 1.29 is 9.72 Å². The molecule has 1 aromatic rings. The Morgan fingerprint density at radius 2 is 2.22 bits per heavy atom. The highest BCUT2D eigenvalue weighted by Crippen LogP contribution is 2.27. The van der Waals surface area contributed by atoms with Crippen molar-refractivity contribution in [3.63, 3.8) is 0 Å². The zero-order valence-electron chi connectivity index (χ0n) is 9.73. The third-order valence-electron chi connectivity index (χ3n) is 2.43. The van der Waals surface area contributed by atoms with E-state index in [1.807, 2.05) is 6.92 Å². The fraction of sp³-hybridized carbons (Fsp3) is 0.364. The molecule has 98 valence electrons. The molecular formula is C11H12BrClN2O3. The number of hydrogen-bond acceptors (Lipinski definition) is 3. The first-order valence-electron chi connectivity index (χ1n) is 5.31. The number of hydrogen-bond donors (Lipinski definition) is 0. The summed E-state index contributed by atoms with van der Waals surface area (Å²) in [4.78, 5) is 24.0. The molecule has 7 heteroatoms. The van der Waals surface area contributed by atoms with E-state index in [0.29, 0.717) is 18.4 Å². The molecule has 0 bridgehead atoms. The lowest BCUT2D eigenvalue weighted by molar-refractivity contribution is -0.385. The minimum atomic E-state index is -0.596. The SMILES string of the molecule is CCN(CCBr)C(=O)c1c(Cl)cccc1[N+](=O)[O-]. The minimum Gasteiger partial charge on any atom is -0.338 e. The molecule has 1 amide bonds. The van der Waals surface area contributed by atoms with Crippen LogP contribution in [0.3, 0.4) is 0 Å². The van der Waals surface area contributed by atoms with Gasteiger partial charge in [-0.25, -0.2) is 0 Å². The molecule has 0 aliphatic heterocycles. The molecule has 1 aromatic carbocycles. The molecule has 0 saturated carbocycles. The Bertz CT molecular complexity index is 468. The van der Waals surface area contributed by atoms with Crippen LogP contribution in [-0.4, -0.2) is 34.2 Å². The van der Waals surface area contributed by atoms with Gasteiger partial charge in [-0.2, -0.15) is 0 Å². The second-order valence-electron chi connectivity index (χ2n) is 3.46. The standard InChI is InChI=1S/C11H12BrClN2O3/c1-2-14(7-6-12)11(16)10-8(13)4-3-5-9(10)15(17)18/h3-5H,2,6-7H2,1H3. The van der Waals surface area contributed by atoms with Gasteiger partial charge in [0, 0.05) is 24.5 Å². The van der Waals surface area contributed by atoms with Crippen LogP contribution in [-0.2, 0) is 0 Å². The molecule has 0 aromatic heterocycles. The summed E-state index contributed by atoms with van der Waals surface area (Å²) in [5.74, 6) is -0.422. The lowest BCUT2D eigenvalue weighted by Gasteiger charge is -2.20. The third-order valence-corrected chi connectivity index (χ3v) is 3.10. The van der Waals surface area contributed by atoms with E-state index in [2.05, 4.69) is 15.9 Å². The van der Waals surface area contributed by atoms with Gasteiger partial charge >= 0.3 is 0 Å². The van der Waals surface area contributed by atoms with E-state index >= 15 is 0 Å². The number of carbonyl (C=O) groups is 1. The van der Waals surface area contributed by atoms with Gasteiger partial charge in [0.2, 0.25) is 0 Å². The van der Waals surface area contributed by atoms with Crippen LogP contribution in [0.1, 0.15) is 17.3 Å². The number of alkyl halides is 1. The highest BCUT2D eigenvalue weighted by atomic mass is 79.9. The highest BCUT2D eigenvalue weighted by Gasteiger charge is 2.26. The predicted molar refractivity (Wildman–Crippen MR) is 73.5 cm³/mol. The summed E-state index contributed by atoms with van der Waals surface area (Å²) in [7, 11) is 0. The number of halogens is 2. The summed E-state index contributed by atoms with van der Waals surface area (Å²) in [6.45, 7) is 2.74. The maximum absolute atomic E-state index is 12.2. The molecule has 0 spiro atoms. The van der Waals surface area contributed by atoms with Gasteiger partial charge in [-0.3, -0.25) is 14.9 Å². The summed E-state index contributed by atoms with van der Waals surface area (Å²) < 4.78 is 0. The van der Waals surface area contributed by atoms with Crippen LogP contribution in [0, 0.1) is 10.1 Å². The molecule has 5 nitrogen and oxygen atoms in total. The average Bonchev–Trinajstić information content (AvgIpc) is 2.34. The first-order chi connectivity index (χ1) is 8.52. The van der Waals surface area contributed by atoms with E-state index in [1.54, 1.807) is 0 Å². The van der Waals surface area contributed by atoms with Crippen molar-refractivity contribution in [3.8, 4) is 0 Å². The number of amides is 1. The topological polar surface area (TPSA) is 63.5 Å². The summed E-state index contributed by atoms with van der Waals surface area (Å²) in [6.07, 6.45) is 0. The van der Waals surface area contributed by atoms with Gasteiger partial charge in [0.25, 0.3) is 11.6 Å². The van der Waals surface area contributed by atoms with Crippen molar-refractivity contribution >= 4 is 39.1 Å². The molecule has 0 radical (unpaired) electrons. The van der Waals surface area contributed by atoms with Gasteiger partial charge in [0.1, 0.15) is 5.56 Å². The Labute approximate surface area is 118 Å². The summed E-state index contributed by atoms with van der Waals surface area (Å²) >= 11 is 9.14. The second-order valence-corrected chi connectivity index (χ2v) is 4.67. The lowest BCUT2D eigenvalue weighted by Crippen LogP contribution is -2.33. The number of benzene rings is 1. The lowest BCUT2D eigenvalue weighted by atomic mass is 10.1. The zero-order chi connectivity index (χ0) is 13.7. The van der Waals surface area contributed by atoms with E-state index in [0.717, 1.165) is 0 Å². The summed E-state index contributed by atoms with van der Waals surface area (Å²) in [5.41, 5.74) is -0.313. The Morgan fingerprint density at radius 1 is 1.56 bits per heavy atom. The molecule has 0 heterocycles. The van der Waals surface area contributed by atoms with Crippen molar-refractivity contribution in [1.29, 1.82) is 0 Å². The number of nitro groups is 1. The molecule has 0 saturated heterocycles. The fourth-order valence-electron chi connectivity index (χ4n) is 1.54. The van der Waals surface area contributed by atoms with Gasteiger partial charge in [0.15, 0.2) is 0 Å². The van der Waals surface area contributed by atoms with Crippen LogP contribution in [0.25, 0.3) is 0 Å². The van der Waals surface area contributed by atoms with E-state index < -0.39 is 10.8 Å². The van der Waals surface area contributed by atoms with Crippen molar-refractivity contribution in [1.82, 2.24) is 4.90 Å². The van der Waals surface area contributed by atoms with Gasteiger partial charge < -0.3 is 4.90 Å². The molecule has 0 fully saturated rings. The van der Waals surface area contributed by atoms with Gasteiger partial charge in [-0.15, -0.1) is 0 Å². The predicted octanol–water partition coefficient (Wildman–Crippen LogP) is 3.11. The monoisotopic (exact) mass is 334 g/mol. The van der Waals surface area contributed by atoms with Crippen LogP contribution in [0.4, 0.5) is 5.69 Å². The van der Waals surface area contributed by atoms with Crippen LogP contribution in [0.5, 0.6) is 0 Å². The van der Waals surface area contributed by atoms with E-state index in [4.69, 9.17) is 11.6 Å². The molecule has 0 atom stereocenters. The Balaban J connectivity index is 3.22. The first kappa shape index (κ1) is 14.9. The molecule has 0 aliphatic carbocycles. The van der Waals surface area contributed by atoms with Gasteiger partial charge in [-0.05, 0) is 13.0 Å². The number of nitrogens with zero attached hydrogens (tertiary/aromatic N) is 2. The number of carbonyl (C=O) groups excluding carboxylic acids is 1. The molecule has 0 N–H and O–H groups in total. The third kappa shape index (κ3) is 3.20. The van der Waals surface area contributed by atoms with Crippen LogP contribution >= 0.6 is 27.5 Å². The van der Waals surface area contributed by atoms with Crippen molar-refractivity contribution in [2.45, 2.75) is 6.92 Å². The molecule has 0 aliphatic rings. The molecule has 18 heavy (non-hydrogen) atoms. The van der Waals surface area contributed by atoms with E-state index in [9.17, 15) is 14.9 Å². The first-order valence-corrected chi connectivity index (χ1v) is 6.81. The number of nitro benzene ring substituents is 1. The number of rotatable bonds is 5. The highest BCUT2D eigenvalue weighted by molar-refractivity contribution is 9.09. The normalized spacial score (nSPS) is 10.2. The Hall–Kier alpha value is -1.14. The summed E-state index contributed by atoms with van der Waals surface area (Å²) in [5, 5.41) is 11.6. The Morgan fingerprint density at radius 3 is 2.72 bits per heavy atom. The van der Waals surface area contributed by atoms with Crippen molar-refractivity contribution in [2.75, 3.05) is 18.4 Å². The summed E-state index contributed by atoms with van der Waals surface area (Å²) in [6, 6.07) is 4.21. The zero-order valence-corrected chi connectivity index (χ0v) is 12.1. The maximum Gasteiger partial charge on any atom is 0.283 e. The minimum absolute atomic E-state index is 0.0491. The average molecular weight is 336 g/mol. The van der Waals surface area contributed by atoms with Gasteiger partial charge in [-0.1, -0.05) is 33.6 Å². The fourth-order valence-corrected chi connectivity index (χ4v) is 2.22. The van der Waals surface area contributed by atoms with Gasteiger partial charge in [0.05, 0.1) is 9.95 Å². The van der Waals surface area contributed by atoms with Crippen molar-refractivity contribution in [2.24, 2.45) is 0 Å². The van der Waals surface area contributed by atoms with Crippen molar-refractivity contribution in [3.05, 3.63) is 38.9 Å². The van der Waals surface area contributed by atoms with Crippen LogP contribution < -0.4 is 0 Å². The molecule has 0 unspecified atom stereocenters. The van der Waals surface area contributed by atoms with E-state index in [-0.39, 0.29) is 16.3 Å². The quantitative estimate of drug-likeness (QED) is 0.472. The Kier molecular flexibility index (Phi) is 5.55. The molecular weight excluding hydrogens is 323 g/mol. The smallest absolute Gasteiger partial charge is 0.283 e. The van der Waals surface area contributed by atoms with Crippen LogP contribution in [0.15, 0.2) is 18.2 Å². The maximum atomic E-state index is 12.2. The van der Waals surface area contributed by atoms with E-state index in [1.165, 1.54) is 23.1 Å².